The number of nitrogens with zero attached hydrogens (tertiary/aromatic N) is 2. The van der Waals surface area contributed by atoms with Gasteiger partial charge >= 0.3 is 0 Å². The van der Waals surface area contributed by atoms with Crippen LogP contribution in [0.1, 0.15) is 25.4 Å². The lowest BCUT2D eigenvalue weighted by Gasteiger charge is -2.14. The molecule has 0 fully saturated rings. The average molecular weight is 329 g/mol. The molecule has 112 valence electrons. The summed E-state index contributed by atoms with van der Waals surface area (Å²) in [6, 6.07) is 2.72. The molecule has 2 rings (SSSR count). The zero-order chi connectivity index (χ0) is 15.7. The number of hydrogen-bond acceptors (Lipinski definition) is 3. The molecule has 0 unspecified atom stereocenters. The summed E-state index contributed by atoms with van der Waals surface area (Å²) in [4.78, 5) is 8.39. The van der Waals surface area contributed by atoms with Crippen LogP contribution in [0.15, 0.2) is 12.1 Å². The molecule has 0 bridgehead atoms. The molecule has 2 aromatic rings. The van der Waals surface area contributed by atoms with Gasteiger partial charge < -0.3 is 4.74 Å². The minimum atomic E-state index is -0.504. The maximum absolute atomic E-state index is 14.2. The summed E-state index contributed by atoms with van der Waals surface area (Å²) in [5.41, 5.74) is 1.18. The Hall–Kier alpha value is -1.39. The predicted octanol–water partition coefficient (Wildman–Crippen LogP) is 4.99. The van der Waals surface area contributed by atoms with E-state index < -0.39 is 5.82 Å². The van der Waals surface area contributed by atoms with Crippen LogP contribution in [0.5, 0.6) is 5.75 Å². The van der Waals surface area contributed by atoms with Gasteiger partial charge in [0.1, 0.15) is 17.4 Å². The van der Waals surface area contributed by atoms with Gasteiger partial charge in [0, 0.05) is 5.56 Å². The number of ether oxygens (including phenoxy) is 1. The molecule has 0 aliphatic carbocycles. The van der Waals surface area contributed by atoms with Crippen molar-refractivity contribution in [1.29, 1.82) is 0 Å². The van der Waals surface area contributed by atoms with Gasteiger partial charge in [0.05, 0.1) is 27.5 Å². The average Bonchev–Trinajstić information content (AvgIpc) is 2.37. The second kappa shape index (κ2) is 6.16. The van der Waals surface area contributed by atoms with E-state index in [2.05, 4.69) is 9.97 Å². The van der Waals surface area contributed by atoms with E-state index in [1.165, 1.54) is 12.1 Å². The summed E-state index contributed by atoms with van der Waals surface area (Å²) in [5.74, 6) is 0.413. The van der Waals surface area contributed by atoms with Gasteiger partial charge in [-0.2, -0.15) is 0 Å². The van der Waals surface area contributed by atoms with Crippen molar-refractivity contribution in [1.82, 2.24) is 9.97 Å². The predicted molar refractivity (Wildman–Crippen MR) is 82.7 cm³/mol. The van der Waals surface area contributed by atoms with Gasteiger partial charge in [-0.1, -0.05) is 23.2 Å². The summed E-state index contributed by atoms with van der Waals surface area (Å²) in [5, 5.41) is 0.529. The fourth-order valence-electron chi connectivity index (χ4n) is 1.93. The number of aromatic nitrogens is 2. The Bertz CT molecular complexity index is 690. The van der Waals surface area contributed by atoms with Crippen molar-refractivity contribution in [2.24, 2.45) is 0 Å². The molecular formula is C15H15Cl2FN2O. The second-order valence-electron chi connectivity index (χ2n) is 4.95. The van der Waals surface area contributed by atoms with Gasteiger partial charge in [0.15, 0.2) is 0 Å². The minimum absolute atomic E-state index is 0.0786. The standard InChI is InChI=1S/C15H15Cl2FN2O/c1-7(2)21-13-5-10(12(18)6-11(13)16)15-14(17)8(3)19-9(4)20-15/h5-7H,1-4H3. The van der Waals surface area contributed by atoms with Crippen LogP contribution in [0.25, 0.3) is 11.3 Å². The summed E-state index contributed by atoms with van der Waals surface area (Å²) < 4.78 is 19.8. The van der Waals surface area contributed by atoms with Crippen molar-refractivity contribution in [3.05, 3.63) is 39.5 Å². The van der Waals surface area contributed by atoms with Gasteiger partial charge in [0.25, 0.3) is 0 Å². The minimum Gasteiger partial charge on any atom is -0.489 e. The molecule has 0 amide bonds. The van der Waals surface area contributed by atoms with E-state index in [1.54, 1.807) is 13.8 Å². The van der Waals surface area contributed by atoms with E-state index in [0.29, 0.717) is 28.0 Å². The Morgan fingerprint density at radius 2 is 1.81 bits per heavy atom. The summed E-state index contributed by atoms with van der Waals surface area (Å²) in [6.45, 7) is 7.21. The van der Waals surface area contributed by atoms with Crippen molar-refractivity contribution in [2.45, 2.75) is 33.8 Å². The summed E-state index contributed by atoms with van der Waals surface area (Å²) >= 11 is 12.2. The fraction of sp³-hybridized carbons (Fsp3) is 0.333. The molecule has 6 heteroatoms. The van der Waals surface area contributed by atoms with E-state index in [9.17, 15) is 4.39 Å². The number of rotatable bonds is 3. The maximum Gasteiger partial charge on any atom is 0.139 e. The SMILES string of the molecule is Cc1nc(C)c(Cl)c(-c2cc(OC(C)C)c(Cl)cc2F)n1. The van der Waals surface area contributed by atoms with Gasteiger partial charge in [0.2, 0.25) is 0 Å². The highest BCUT2D eigenvalue weighted by Crippen LogP contribution is 2.36. The first-order chi connectivity index (χ1) is 9.79. The van der Waals surface area contributed by atoms with Crippen LogP contribution in [0.2, 0.25) is 10.0 Å². The molecule has 1 aromatic carbocycles. The quantitative estimate of drug-likeness (QED) is 0.795. The molecule has 1 aromatic heterocycles. The van der Waals surface area contributed by atoms with E-state index >= 15 is 0 Å². The van der Waals surface area contributed by atoms with Crippen LogP contribution >= 0.6 is 23.2 Å². The van der Waals surface area contributed by atoms with Crippen LogP contribution in [-0.2, 0) is 0 Å². The van der Waals surface area contributed by atoms with Crippen molar-refractivity contribution in [3.63, 3.8) is 0 Å². The van der Waals surface area contributed by atoms with Gasteiger partial charge in [-0.3, -0.25) is 0 Å². The van der Waals surface area contributed by atoms with Gasteiger partial charge in [-0.05, 0) is 39.8 Å². The highest BCUT2D eigenvalue weighted by atomic mass is 35.5. The van der Waals surface area contributed by atoms with Gasteiger partial charge in [-0.25, -0.2) is 14.4 Å². The molecule has 0 N–H and O–H groups in total. The molecule has 0 radical (unpaired) electrons. The molecule has 0 aliphatic rings. The third-order valence-corrected chi connectivity index (χ3v) is 3.52. The Morgan fingerprint density at radius 1 is 1.14 bits per heavy atom. The lowest BCUT2D eigenvalue weighted by atomic mass is 10.1. The van der Waals surface area contributed by atoms with E-state index in [-0.39, 0.29) is 16.7 Å². The highest BCUT2D eigenvalue weighted by Gasteiger charge is 2.18. The summed E-state index contributed by atoms with van der Waals surface area (Å²) in [6.07, 6.45) is -0.0786. The Labute approximate surface area is 133 Å². The third-order valence-electron chi connectivity index (χ3n) is 2.77. The van der Waals surface area contributed by atoms with Crippen molar-refractivity contribution < 1.29 is 9.13 Å². The molecule has 0 atom stereocenters. The smallest absolute Gasteiger partial charge is 0.139 e. The van der Waals surface area contributed by atoms with Gasteiger partial charge in [-0.15, -0.1) is 0 Å². The van der Waals surface area contributed by atoms with Crippen LogP contribution in [0.3, 0.4) is 0 Å². The molecule has 3 nitrogen and oxygen atoms in total. The lowest BCUT2D eigenvalue weighted by molar-refractivity contribution is 0.242. The summed E-state index contributed by atoms with van der Waals surface area (Å²) in [7, 11) is 0. The zero-order valence-electron chi connectivity index (χ0n) is 12.2. The Balaban J connectivity index is 2.64. The molecule has 0 saturated carbocycles. The first-order valence-electron chi connectivity index (χ1n) is 6.46. The molecule has 0 spiro atoms. The normalized spacial score (nSPS) is 11.0. The molecule has 0 aliphatic heterocycles. The zero-order valence-corrected chi connectivity index (χ0v) is 13.7. The third kappa shape index (κ3) is 3.44. The van der Waals surface area contributed by atoms with Crippen molar-refractivity contribution in [3.8, 4) is 17.0 Å². The number of halogens is 3. The van der Waals surface area contributed by atoms with Crippen molar-refractivity contribution in [2.75, 3.05) is 0 Å². The lowest BCUT2D eigenvalue weighted by Crippen LogP contribution is -2.07. The molecule has 1 heterocycles. The van der Waals surface area contributed by atoms with Crippen LogP contribution in [-0.4, -0.2) is 16.1 Å². The first kappa shape index (κ1) is 16.0. The number of benzene rings is 1. The van der Waals surface area contributed by atoms with Crippen LogP contribution in [0, 0.1) is 19.7 Å². The van der Waals surface area contributed by atoms with E-state index in [1.807, 2.05) is 13.8 Å². The van der Waals surface area contributed by atoms with Crippen molar-refractivity contribution >= 4 is 23.2 Å². The molecular weight excluding hydrogens is 314 g/mol. The largest absolute Gasteiger partial charge is 0.489 e. The molecule has 0 saturated heterocycles. The monoisotopic (exact) mass is 328 g/mol. The number of aryl methyl sites for hydroxylation is 2. The van der Waals surface area contributed by atoms with Crippen LogP contribution in [0.4, 0.5) is 4.39 Å². The van der Waals surface area contributed by atoms with Crippen LogP contribution < -0.4 is 4.74 Å². The number of hydrogen-bond donors (Lipinski definition) is 0. The van der Waals surface area contributed by atoms with E-state index in [0.717, 1.165) is 0 Å². The molecule has 21 heavy (non-hydrogen) atoms. The Kier molecular flexibility index (Phi) is 4.69. The Morgan fingerprint density at radius 3 is 2.43 bits per heavy atom. The topological polar surface area (TPSA) is 35.0 Å². The maximum atomic E-state index is 14.2. The highest BCUT2D eigenvalue weighted by molar-refractivity contribution is 6.34. The first-order valence-corrected chi connectivity index (χ1v) is 7.22. The fourth-order valence-corrected chi connectivity index (χ4v) is 2.31. The second-order valence-corrected chi connectivity index (χ2v) is 5.73. The van der Waals surface area contributed by atoms with E-state index in [4.69, 9.17) is 27.9 Å².